The van der Waals surface area contributed by atoms with Crippen molar-refractivity contribution in [3.63, 3.8) is 0 Å². The number of nitrogens with zero attached hydrogens (tertiary/aromatic N) is 1. The largest absolute Gasteiger partial charge is 0.478 e. The van der Waals surface area contributed by atoms with Crippen LogP contribution in [-0.4, -0.2) is 22.0 Å². The molecule has 1 unspecified atom stereocenters. The third kappa shape index (κ3) is 3.34. The summed E-state index contributed by atoms with van der Waals surface area (Å²) in [4.78, 5) is 25.9. The molecule has 1 N–H and O–H groups in total. The smallest absolute Gasteiger partial charge is 0.349 e. The number of rotatable bonds is 5. The van der Waals surface area contributed by atoms with Gasteiger partial charge in [-0.3, -0.25) is 9.78 Å². The van der Waals surface area contributed by atoms with E-state index in [-0.39, 0.29) is 6.42 Å². The van der Waals surface area contributed by atoms with Crippen molar-refractivity contribution in [2.45, 2.75) is 25.9 Å². The molecule has 1 atom stereocenters. The van der Waals surface area contributed by atoms with Gasteiger partial charge in [0, 0.05) is 24.4 Å². The highest BCUT2D eigenvalue weighted by Gasteiger charge is 2.23. The summed E-state index contributed by atoms with van der Waals surface area (Å²) < 4.78 is 4.87. The van der Waals surface area contributed by atoms with E-state index in [4.69, 9.17) is 9.84 Å². The zero-order valence-electron chi connectivity index (χ0n) is 8.92. The summed E-state index contributed by atoms with van der Waals surface area (Å²) in [6.07, 6.45) is 2.51. The lowest BCUT2D eigenvalue weighted by atomic mass is 10.1. The molecule has 5 heteroatoms. The highest BCUT2D eigenvalue weighted by atomic mass is 16.6. The molecule has 16 heavy (non-hydrogen) atoms. The van der Waals surface area contributed by atoms with Gasteiger partial charge in [0.2, 0.25) is 6.10 Å². The molecule has 1 aromatic heterocycles. The topological polar surface area (TPSA) is 76.5 Å². The second-order valence-electron chi connectivity index (χ2n) is 3.24. The summed E-state index contributed by atoms with van der Waals surface area (Å²) in [7, 11) is 0. The van der Waals surface area contributed by atoms with Crippen LogP contribution in [-0.2, 0) is 14.3 Å². The molecule has 0 bridgehead atoms. The summed E-state index contributed by atoms with van der Waals surface area (Å²) in [5.41, 5.74) is 0.409. The molecule has 0 amide bonds. The summed E-state index contributed by atoms with van der Waals surface area (Å²) in [5.74, 6) is -1.69. The van der Waals surface area contributed by atoms with Gasteiger partial charge >= 0.3 is 11.9 Å². The summed E-state index contributed by atoms with van der Waals surface area (Å²) in [6, 6.07) is 3.02. The summed E-state index contributed by atoms with van der Waals surface area (Å²) in [5, 5.41) is 8.95. The third-order valence-corrected chi connectivity index (χ3v) is 1.94. The third-order valence-electron chi connectivity index (χ3n) is 1.94. The Morgan fingerprint density at radius 3 is 2.56 bits per heavy atom. The molecule has 1 rings (SSSR count). The van der Waals surface area contributed by atoms with Gasteiger partial charge in [0.15, 0.2) is 0 Å². The standard InChI is InChI=1S/C11H13NO4/c1-2-3-9(13)16-10(11(14)15)8-4-6-12-7-5-8/h4-7,10H,2-3H2,1H3,(H,14,15). The predicted octanol–water partition coefficient (Wildman–Crippen LogP) is 1.55. The first-order valence-electron chi connectivity index (χ1n) is 4.97. The van der Waals surface area contributed by atoms with E-state index in [1.54, 1.807) is 0 Å². The van der Waals surface area contributed by atoms with Gasteiger partial charge < -0.3 is 9.84 Å². The minimum Gasteiger partial charge on any atom is -0.478 e. The van der Waals surface area contributed by atoms with Crippen molar-refractivity contribution in [2.24, 2.45) is 0 Å². The average Bonchev–Trinajstić information content (AvgIpc) is 2.27. The van der Waals surface area contributed by atoms with Crippen LogP contribution in [0.3, 0.4) is 0 Å². The maximum atomic E-state index is 11.2. The monoisotopic (exact) mass is 223 g/mol. The molecular formula is C11H13NO4. The van der Waals surface area contributed by atoms with Gasteiger partial charge in [-0.1, -0.05) is 6.92 Å². The second-order valence-corrected chi connectivity index (χ2v) is 3.24. The number of carboxylic acids is 1. The van der Waals surface area contributed by atoms with Crippen molar-refractivity contribution in [3.05, 3.63) is 30.1 Å². The van der Waals surface area contributed by atoms with E-state index in [2.05, 4.69) is 4.98 Å². The number of aliphatic carboxylic acids is 1. The molecule has 0 radical (unpaired) electrons. The number of carboxylic acid groups (broad SMARTS) is 1. The molecule has 0 aliphatic rings. The second kappa shape index (κ2) is 5.85. The Kier molecular flexibility index (Phi) is 4.44. The van der Waals surface area contributed by atoms with Crippen LogP contribution in [0.1, 0.15) is 31.4 Å². The molecule has 1 aromatic rings. The molecule has 1 heterocycles. The number of hydrogen-bond acceptors (Lipinski definition) is 4. The van der Waals surface area contributed by atoms with E-state index in [9.17, 15) is 9.59 Å². The van der Waals surface area contributed by atoms with Gasteiger partial charge in [-0.15, -0.1) is 0 Å². The highest BCUT2D eigenvalue weighted by molar-refractivity contribution is 5.79. The fraction of sp³-hybridized carbons (Fsp3) is 0.364. The van der Waals surface area contributed by atoms with E-state index < -0.39 is 18.0 Å². The minimum atomic E-state index is -1.25. The number of aromatic nitrogens is 1. The van der Waals surface area contributed by atoms with Crippen LogP contribution in [0.4, 0.5) is 0 Å². The fourth-order valence-electron chi connectivity index (χ4n) is 1.19. The first-order chi connectivity index (χ1) is 7.65. The normalized spacial score (nSPS) is 11.8. The summed E-state index contributed by atoms with van der Waals surface area (Å²) in [6.45, 7) is 1.82. The molecule has 5 nitrogen and oxygen atoms in total. The van der Waals surface area contributed by atoms with Crippen molar-refractivity contribution in [1.29, 1.82) is 0 Å². The fourth-order valence-corrected chi connectivity index (χ4v) is 1.19. The van der Waals surface area contributed by atoms with Crippen LogP contribution in [0.15, 0.2) is 24.5 Å². The Bertz CT molecular complexity index is 364. The molecule has 0 aliphatic heterocycles. The van der Waals surface area contributed by atoms with Crippen molar-refractivity contribution in [3.8, 4) is 0 Å². The number of carbonyl (C=O) groups excluding carboxylic acids is 1. The average molecular weight is 223 g/mol. The van der Waals surface area contributed by atoms with Gasteiger partial charge in [0.1, 0.15) is 0 Å². The number of esters is 1. The van der Waals surface area contributed by atoms with Crippen LogP contribution >= 0.6 is 0 Å². The van der Waals surface area contributed by atoms with Crippen LogP contribution in [0.2, 0.25) is 0 Å². The Labute approximate surface area is 93.1 Å². The van der Waals surface area contributed by atoms with E-state index in [1.165, 1.54) is 24.5 Å². The first kappa shape index (κ1) is 12.2. The molecule has 0 spiro atoms. The maximum absolute atomic E-state index is 11.2. The van der Waals surface area contributed by atoms with E-state index in [0.717, 1.165) is 0 Å². The lowest BCUT2D eigenvalue weighted by Gasteiger charge is -2.13. The highest BCUT2D eigenvalue weighted by Crippen LogP contribution is 2.17. The van der Waals surface area contributed by atoms with Crippen LogP contribution in [0, 0.1) is 0 Å². The zero-order chi connectivity index (χ0) is 12.0. The molecule has 0 aliphatic carbocycles. The molecule has 86 valence electrons. The van der Waals surface area contributed by atoms with Gasteiger partial charge in [-0.2, -0.15) is 0 Å². The Morgan fingerprint density at radius 1 is 1.44 bits per heavy atom. The SMILES string of the molecule is CCCC(=O)OC(C(=O)O)c1ccncc1. The molecule has 0 aromatic carbocycles. The van der Waals surface area contributed by atoms with Crippen LogP contribution < -0.4 is 0 Å². The Morgan fingerprint density at radius 2 is 2.06 bits per heavy atom. The summed E-state index contributed by atoms with van der Waals surface area (Å²) >= 11 is 0. The Balaban J connectivity index is 2.77. The van der Waals surface area contributed by atoms with Crippen LogP contribution in [0.5, 0.6) is 0 Å². The Hall–Kier alpha value is -1.91. The molecule has 0 saturated heterocycles. The van der Waals surface area contributed by atoms with Crippen molar-refractivity contribution in [1.82, 2.24) is 4.98 Å². The van der Waals surface area contributed by atoms with Gasteiger partial charge in [-0.25, -0.2) is 4.79 Å². The quantitative estimate of drug-likeness (QED) is 0.766. The predicted molar refractivity (Wildman–Crippen MR) is 55.6 cm³/mol. The number of hydrogen-bond donors (Lipinski definition) is 1. The van der Waals surface area contributed by atoms with Gasteiger partial charge in [0.05, 0.1) is 0 Å². The molecular weight excluding hydrogens is 210 g/mol. The van der Waals surface area contributed by atoms with Crippen molar-refractivity contribution in [2.75, 3.05) is 0 Å². The lowest BCUT2D eigenvalue weighted by molar-refractivity contribution is -0.164. The van der Waals surface area contributed by atoms with Crippen molar-refractivity contribution < 1.29 is 19.4 Å². The van der Waals surface area contributed by atoms with Crippen LogP contribution in [0.25, 0.3) is 0 Å². The van der Waals surface area contributed by atoms with Crippen molar-refractivity contribution >= 4 is 11.9 Å². The van der Waals surface area contributed by atoms with Gasteiger partial charge in [-0.05, 0) is 18.6 Å². The van der Waals surface area contributed by atoms with E-state index in [0.29, 0.717) is 12.0 Å². The van der Waals surface area contributed by atoms with E-state index >= 15 is 0 Å². The lowest BCUT2D eigenvalue weighted by Crippen LogP contribution is -2.19. The maximum Gasteiger partial charge on any atom is 0.349 e. The first-order valence-corrected chi connectivity index (χ1v) is 4.97. The minimum absolute atomic E-state index is 0.217. The number of pyridine rings is 1. The van der Waals surface area contributed by atoms with Gasteiger partial charge in [0.25, 0.3) is 0 Å². The van der Waals surface area contributed by atoms with E-state index in [1.807, 2.05) is 6.92 Å². The molecule has 0 fully saturated rings. The zero-order valence-corrected chi connectivity index (χ0v) is 8.92. The number of ether oxygens (including phenoxy) is 1. The molecule has 0 saturated carbocycles. The number of carbonyl (C=O) groups is 2.